The number of rotatable bonds is 5. The number of amides is 1. The van der Waals surface area contributed by atoms with E-state index >= 15 is 0 Å². The maximum atomic E-state index is 11.6. The number of anilines is 2. The highest BCUT2D eigenvalue weighted by atomic mass is 16.1. The molecule has 7 nitrogen and oxygen atoms in total. The average Bonchev–Trinajstić information content (AvgIpc) is 2.47. The lowest BCUT2D eigenvalue weighted by Crippen LogP contribution is -2.41. The summed E-state index contributed by atoms with van der Waals surface area (Å²) in [7, 11) is 3.80. The number of aromatic nitrogens is 3. The van der Waals surface area contributed by atoms with Crippen LogP contribution in [-0.4, -0.2) is 41.0 Å². The van der Waals surface area contributed by atoms with E-state index in [1.54, 1.807) is 0 Å². The van der Waals surface area contributed by atoms with Crippen LogP contribution in [0.3, 0.4) is 0 Å². The molecular formula is C15H26N6O. The number of nitrogens with zero attached hydrogens (tertiary/aromatic N) is 4. The van der Waals surface area contributed by atoms with Crippen molar-refractivity contribution in [2.75, 3.05) is 24.3 Å². The van der Waals surface area contributed by atoms with Crippen LogP contribution < -0.4 is 16.0 Å². The molecular weight excluding hydrogens is 280 g/mol. The average molecular weight is 306 g/mol. The number of carbonyl (C=O) groups excluding carboxylic acids is 1. The maximum absolute atomic E-state index is 11.6. The van der Waals surface area contributed by atoms with Crippen molar-refractivity contribution in [3.63, 3.8) is 0 Å². The van der Waals surface area contributed by atoms with Crippen LogP contribution in [0.25, 0.3) is 0 Å². The molecule has 0 spiro atoms. The van der Waals surface area contributed by atoms with Gasteiger partial charge in [0.15, 0.2) is 0 Å². The van der Waals surface area contributed by atoms with Crippen LogP contribution in [-0.2, 0) is 4.79 Å². The van der Waals surface area contributed by atoms with E-state index in [2.05, 4.69) is 20.3 Å². The molecule has 2 unspecified atom stereocenters. The van der Waals surface area contributed by atoms with Crippen molar-refractivity contribution in [1.29, 1.82) is 0 Å². The van der Waals surface area contributed by atoms with E-state index in [9.17, 15) is 4.79 Å². The molecule has 1 aliphatic rings. The van der Waals surface area contributed by atoms with Crippen molar-refractivity contribution in [3.05, 3.63) is 5.82 Å². The van der Waals surface area contributed by atoms with Crippen LogP contribution in [0.4, 0.5) is 11.9 Å². The quantitative estimate of drug-likeness (QED) is 0.856. The molecule has 0 radical (unpaired) electrons. The van der Waals surface area contributed by atoms with Crippen molar-refractivity contribution in [2.45, 2.75) is 51.5 Å². The van der Waals surface area contributed by atoms with Gasteiger partial charge in [-0.05, 0) is 12.8 Å². The molecule has 0 bridgehead atoms. The third-order valence-electron chi connectivity index (χ3n) is 4.00. The second-order valence-corrected chi connectivity index (χ2v) is 6.41. The first-order valence-corrected chi connectivity index (χ1v) is 7.87. The number of nitrogens with two attached hydrogens (primary N) is 1. The largest absolute Gasteiger partial charge is 0.369 e. The summed E-state index contributed by atoms with van der Waals surface area (Å²) in [5.41, 5.74) is 5.53. The van der Waals surface area contributed by atoms with Gasteiger partial charge in [0.25, 0.3) is 0 Å². The molecule has 1 aliphatic carbocycles. The minimum atomic E-state index is -0.247. The summed E-state index contributed by atoms with van der Waals surface area (Å²) in [5, 5.41) is 3.31. The van der Waals surface area contributed by atoms with Crippen molar-refractivity contribution in [1.82, 2.24) is 15.0 Å². The molecule has 1 amide bonds. The third kappa shape index (κ3) is 3.84. The Kier molecular flexibility index (Phi) is 5.15. The van der Waals surface area contributed by atoms with E-state index in [0.717, 1.165) is 31.5 Å². The first-order chi connectivity index (χ1) is 10.4. The van der Waals surface area contributed by atoms with E-state index in [-0.39, 0.29) is 23.8 Å². The van der Waals surface area contributed by atoms with Crippen molar-refractivity contribution >= 4 is 17.8 Å². The summed E-state index contributed by atoms with van der Waals surface area (Å²) < 4.78 is 0. The van der Waals surface area contributed by atoms with Gasteiger partial charge in [-0.15, -0.1) is 0 Å². The molecule has 0 aromatic carbocycles. The van der Waals surface area contributed by atoms with Gasteiger partial charge in [-0.25, -0.2) is 0 Å². The van der Waals surface area contributed by atoms with Gasteiger partial charge < -0.3 is 16.0 Å². The molecule has 0 saturated heterocycles. The molecule has 1 saturated carbocycles. The Bertz CT molecular complexity index is 505. The molecule has 1 aromatic rings. The zero-order valence-corrected chi connectivity index (χ0v) is 13.8. The smallest absolute Gasteiger partial charge is 0.229 e. The maximum Gasteiger partial charge on any atom is 0.229 e. The van der Waals surface area contributed by atoms with Gasteiger partial charge in [0.05, 0.1) is 5.92 Å². The summed E-state index contributed by atoms with van der Waals surface area (Å²) >= 11 is 0. The molecule has 122 valence electrons. The Morgan fingerprint density at radius 1 is 1.23 bits per heavy atom. The first kappa shape index (κ1) is 16.5. The molecule has 0 aliphatic heterocycles. The van der Waals surface area contributed by atoms with Gasteiger partial charge >= 0.3 is 0 Å². The minimum Gasteiger partial charge on any atom is -0.369 e. The highest BCUT2D eigenvalue weighted by molar-refractivity contribution is 5.78. The fourth-order valence-corrected chi connectivity index (χ4v) is 2.71. The summed E-state index contributed by atoms with van der Waals surface area (Å²) in [5.74, 6) is 1.69. The van der Waals surface area contributed by atoms with Crippen molar-refractivity contribution in [2.24, 2.45) is 11.7 Å². The second-order valence-electron chi connectivity index (χ2n) is 6.41. The van der Waals surface area contributed by atoms with Crippen LogP contribution in [0.2, 0.25) is 0 Å². The molecule has 1 aromatic heterocycles. The predicted molar refractivity (Wildman–Crippen MR) is 86.8 cm³/mol. The highest BCUT2D eigenvalue weighted by Gasteiger charge is 2.30. The summed E-state index contributed by atoms with van der Waals surface area (Å²) in [6, 6.07) is 0.00340. The van der Waals surface area contributed by atoms with Crippen LogP contribution in [0, 0.1) is 5.92 Å². The van der Waals surface area contributed by atoms with Crippen LogP contribution in [0.1, 0.15) is 51.3 Å². The van der Waals surface area contributed by atoms with Crippen LogP contribution >= 0.6 is 0 Å². The number of hydrogen-bond donors (Lipinski definition) is 2. The topological polar surface area (TPSA) is 97.0 Å². The SMILES string of the molecule is CC(C)c1nc(NC2CCCCC2C(N)=O)nc(N(C)C)n1. The molecule has 3 N–H and O–H groups in total. The number of carbonyl (C=O) groups is 1. The number of primary amides is 1. The highest BCUT2D eigenvalue weighted by Crippen LogP contribution is 2.27. The van der Waals surface area contributed by atoms with E-state index < -0.39 is 0 Å². The lowest BCUT2D eigenvalue weighted by molar-refractivity contribution is -0.122. The lowest BCUT2D eigenvalue weighted by Gasteiger charge is -2.30. The Morgan fingerprint density at radius 3 is 2.50 bits per heavy atom. The van der Waals surface area contributed by atoms with Gasteiger partial charge in [0.1, 0.15) is 5.82 Å². The number of nitrogens with one attached hydrogen (secondary N) is 1. The normalized spacial score (nSPS) is 21.7. The Morgan fingerprint density at radius 2 is 1.91 bits per heavy atom. The van der Waals surface area contributed by atoms with E-state index in [1.165, 1.54) is 0 Å². The van der Waals surface area contributed by atoms with Gasteiger partial charge in [0.2, 0.25) is 17.8 Å². The lowest BCUT2D eigenvalue weighted by atomic mass is 9.84. The predicted octanol–water partition coefficient (Wildman–Crippen LogP) is 1.52. The van der Waals surface area contributed by atoms with Crippen molar-refractivity contribution in [3.8, 4) is 0 Å². The number of hydrogen-bond acceptors (Lipinski definition) is 6. The van der Waals surface area contributed by atoms with Crippen LogP contribution in [0.5, 0.6) is 0 Å². The molecule has 1 heterocycles. The van der Waals surface area contributed by atoms with Gasteiger partial charge in [-0.3, -0.25) is 4.79 Å². The molecule has 2 atom stereocenters. The van der Waals surface area contributed by atoms with Crippen molar-refractivity contribution < 1.29 is 4.79 Å². The zero-order chi connectivity index (χ0) is 16.3. The van der Waals surface area contributed by atoms with E-state index in [0.29, 0.717) is 11.9 Å². The summed E-state index contributed by atoms with van der Waals surface area (Å²) in [4.78, 5) is 26.9. The monoisotopic (exact) mass is 306 g/mol. The molecule has 22 heavy (non-hydrogen) atoms. The van der Waals surface area contributed by atoms with Gasteiger partial charge in [-0.2, -0.15) is 15.0 Å². The Labute approximate surface area is 131 Å². The minimum absolute atomic E-state index is 0.00340. The molecule has 1 fully saturated rings. The van der Waals surface area contributed by atoms with Gasteiger partial charge in [0, 0.05) is 26.1 Å². The summed E-state index contributed by atoms with van der Waals surface area (Å²) in [6.45, 7) is 4.09. The Hall–Kier alpha value is -1.92. The van der Waals surface area contributed by atoms with E-state index in [4.69, 9.17) is 5.73 Å². The molecule has 7 heteroatoms. The second kappa shape index (κ2) is 6.89. The Balaban J connectivity index is 2.25. The third-order valence-corrected chi connectivity index (χ3v) is 4.00. The fraction of sp³-hybridized carbons (Fsp3) is 0.733. The molecule has 2 rings (SSSR count). The zero-order valence-electron chi connectivity index (χ0n) is 13.8. The van der Waals surface area contributed by atoms with E-state index in [1.807, 2.05) is 32.8 Å². The fourth-order valence-electron chi connectivity index (χ4n) is 2.71. The van der Waals surface area contributed by atoms with Gasteiger partial charge in [-0.1, -0.05) is 26.7 Å². The standard InChI is InChI=1S/C15H26N6O/c1-9(2)13-18-14(20-15(19-13)21(3)4)17-11-8-6-5-7-10(11)12(16)22/h9-11H,5-8H2,1-4H3,(H2,16,22)(H,17,18,19,20). The first-order valence-electron chi connectivity index (χ1n) is 7.87. The summed E-state index contributed by atoms with van der Waals surface area (Å²) in [6.07, 6.45) is 3.87. The van der Waals surface area contributed by atoms with Crippen LogP contribution in [0.15, 0.2) is 0 Å².